The molecule has 0 aromatic carbocycles. The maximum atomic E-state index is 12.2. The van der Waals surface area contributed by atoms with E-state index in [2.05, 4.69) is 32.7 Å². The Labute approximate surface area is 114 Å². The molecule has 94 valence electrons. The molecule has 1 saturated heterocycles. The van der Waals surface area contributed by atoms with E-state index in [-0.39, 0.29) is 11.9 Å². The Hall–Kier alpha value is -0.390. The van der Waals surface area contributed by atoms with Crippen molar-refractivity contribution in [1.29, 1.82) is 0 Å². The summed E-state index contributed by atoms with van der Waals surface area (Å²) in [7, 11) is 1.88. The van der Waals surface area contributed by atoms with E-state index in [0.29, 0.717) is 6.54 Å². The third-order valence-corrected chi connectivity index (χ3v) is 4.58. The fourth-order valence-corrected chi connectivity index (χ4v) is 3.31. The zero-order valence-electron chi connectivity index (χ0n) is 9.91. The summed E-state index contributed by atoms with van der Waals surface area (Å²) in [5.74, 6) is 0.215. The molecule has 1 aromatic rings. The first-order chi connectivity index (χ1) is 8.16. The molecule has 2 heterocycles. The predicted octanol–water partition coefficient (Wildman–Crippen LogP) is 2.61. The predicted molar refractivity (Wildman–Crippen MR) is 74.1 cm³/mol. The summed E-state index contributed by atoms with van der Waals surface area (Å²) in [6, 6.07) is 2.10. The number of thiophene rings is 1. The van der Waals surface area contributed by atoms with E-state index in [1.807, 2.05) is 11.9 Å². The van der Waals surface area contributed by atoms with Crippen LogP contribution in [0.5, 0.6) is 0 Å². The number of amides is 1. The second kappa shape index (κ2) is 5.98. The largest absolute Gasteiger partial charge is 0.340 e. The monoisotopic (exact) mass is 316 g/mol. The molecule has 0 unspecified atom stereocenters. The van der Waals surface area contributed by atoms with Crippen molar-refractivity contribution >= 4 is 33.2 Å². The topological polar surface area (TPSA) is 32.3 Å². The first kappa shape index (κ1) is 13.1. The quantitative estimate of drug-likeness (QED) is 0.929. The van der Waals surface area contributed by atoms with Gasteiger partial charge in [0, 0.05) is 13.6 Å². The zero-order valence-corrected chi connectivity index (χ0v) is 12.3. The van der Waals surface area contributed by atoms with Gasteiger partial charge in [-0.25, -0.2) is 0 Å². The Kier molecular flexibility index (Phi) is 4.59. The normalized spacial score (nSPS) is 20.2. The highest BCUT2D eigenvalue weighted by Crippen LogP contribution is 2.22. The van der Waals surface area contributed by atoms with Gasteiger partial charge in [0.2, 0.25) is 5.91 Å². The van der Waals surface area contributed by atoms with Crippen molar-refractivity contribution < 1.29 is 4.79 Å². The summed E-state index contributed by atoms with van der Waals surface area (Å²) in [4.78, 5) is 14.0. The van der Waals surface area contributed by atoms with Crippen molar-refractivity contribution in [2.45, 2.75) is 31.8 Å². The lowest BCUT2D eigenvalue weighted by Gasteiger charge is -2.27. The number of likely N-dealkylation sites (N-methyl/N-ethyl adjacent to an activating group) is 1. The van der Waals surface area contributed by atoms with Crippen LogP contribution in [0.3, 0.4) is 0 Å². The van der Waals surface area contributed by atoms with Gasteiger partial charge in [-0.3, -0.25) is 4.79 Å². The average molecular weight is 317 g/mol. The van der Waals surface area contributed by atoms with Gasteiger partial charge in [-0.2, -0.15) is 0 Å². The molecule has 3 nitrogen and oxygen atoms in total. The van der Waals surface area contributed by atoms with Crippen LogP contribution in [0, 0.1) is 0 Å². The molecule has 0 radical (unpaired) electrons. The molecule has 2 rings (SSSR count). The van der Waals surface area contributed by atoms with Gasteiger partial charge in [0.05, 0.1) is 9.83 Å². The lowest BCUT2D eigenvalue weighted by Crippen LogP contribution is -2.46. The molecule has 17 heavy (non-hydrogen) atoms. The van der Waals surface area contributed by atoms with E-state index in [4.69, 9.17) is 0 Å². The number of nitrogens with one attached hydrogen (secondary N) is 1. The van der Waals surface area contributed by atoms with Crippen molar-refractivity contribution in [3.05, 3.63) is 20.8 Å². The number of hydrogen-bond donors (Lipinski definition) is 1. The van der Waals surface area contributed by atoms with Crippen LogP contribution in [0.15, 0.2) is 15.2 Å². The van der Waals surface area contributed by atoms with Crippen LogP contribution < -0.4 is 5.32 Å². The molecular weight excluding hydrogens is 300 g/mol. The standard InChI is InChI=1S/C12H17BrN2OS/c1-15(7-9-6-11(13)17-8-9)12(16)10-4-2-3-5-14-10/h6,8,10,14H,2-5,7H2,1H3/t10-/m0/s1. The van der Waals surface area contributed by atoms with Crippen LogP contribution in [0.2, 0.25) is 0 Å². The average Bonchev–Trinajstić information content (AvgIpc) is 2.75. The molecule has 1 atom stereocenters. The van der Waals surface area contributed by atoms with Crippen molar-refractivity contribution in [3.8, 4) is 0 Å². The molecule has 1 aliphatic rings. The van der Waals surface area contributed by atoms with Crippen molar-refractivity contribution in [2.24, 2.45) is 0 Å². The SMILES string of the molecule is CN(Cc1csc(Br)c1)C(=O)[C@@H]1CCCCN1. The van der Waals surface area contributed by atoms with Gasteiger partial charge in [-0.1, -0.05) is 6.42 Å². The molecule has 1 N–H and O–H groups in total. The van der Waals surface area contributed by atoms with E-state index < -0.39 is 0 Å². The summed E-state index contributed by atoms with van der Waals surface area (Å²) < 4.78 is 1.11. The molecule has 1 aromatic heterocycles. The van der Waals surface area contributed by atoms with Crippen LogP contribution in [0.1, 0.15) is 24.8 Å². The molecule has 5 heteroatoms. The van der Waals surface area contributed by atoms with Crippen LogP contribution in [-0.4, -0.2) is 30.4 Å². The van der Waals surface area contributed by atoms with E-state index in [9.17, 15) is 4.79 Å². The van der Waals surface area contributed by atoms with Crippen molar-refractivity contribution in [3.63, 3.8) is 0 Å². The fourth-order valence-electron chi connectivity index (χ4n) is 2.11. The van der Waals surface area contributed by atoms with E-state index in [0.717, 1.165) is 23.2 Å². The molecule has 0 bridgehead atoms. The molecular formula is C12H17BrN2OS. The highest BCUT2D eigenvalue weighted by Gasteiger charge is 2.23. The molecule has 1 amide bonds. The Balaban J connectivity index is 1.90. The van der Waals surface area contributed by atoms with Gasteiger partial charge in [0.1, 0.15) is 0 Å². The highest BCUT2D eigenvalue weighted by atomic mass is 79.9. The van der Waals surface area contributed by atoms with Crippen molar-refractivity contribution in [2.75, 3.05) is 13.6 Å². The number of carbonyl (C=O) groups excluding carboxylic acids is 1. The van der Waals surface area contributed by atoms with Crippen LogP contribution in [0.4, 0.5) is 0 Å². The fraction of sp³-hybridized carbons (Fsp3) is 0.583. The summed E-state index contributed by atoms with van der Waals surface area (Å²) in [6.45, 7) is 1.66. The number of nitrogens with zero attached hydrogens (tertiary/aromatic N) is 1. The lowest BCUT2D eigenvalue weighted by atomic mass is 10.0. The minimum Gasteiger partial charge on any atom is -0.340 e. The van der Waals surface area contributed by atoms with Gasteiger partial charge < -0.3 is 10.2 Å². The molecule has 0 saturated carbocycles. The first-order valence-electron chi connectivity index (χ1n) is 5.88. The van der Waals surface area contributed by atoms with Crippen molar-refractivity contribution in [1.82, 2.24) is 10.2 Å². The minimum atomic E-state index is 0.0239. The smallest absolute Gasteiger partial charge is 0.239 e. The van der Waals surface area contributed by atoms with E-state index in [1.165, 1.54) is 12.0 Å². The van der Waals surface area contributed by atoms with Gasteiger partial charge >= 0.3 is 0 Å². The van der Waals surface area contributed by atoms with Gasteiger partial charge in [-0.15, -0.1) is 11.3 Å². The third-order valence-electron chi connectivity index (χ3n) is 3.03. The van der Waals surface area contributed by atoms with Crippen LogP contribution in [0.25, 0.3) is 0 Å². The minimum absolute atomic E-state index is 0.0239. The number of halogens is 1. The summed E-state index contributed by atoms with van der Waals surface area (Å²) in [5.41, 5.74) is 1.19. The maximum Gasteiger partial charge on any atom is 0.239 e. The molecule has 1 fully saturated rings. The van der Waals surface area contributed by atoms with Crippen LogP contribution in [-0.2, 0) is 11.3 Å². The van der Waals surface area contributed by atoms with E-state index in [1.54, 1.807) is 11.3 Å². The Morgan fingerprint density at radius 3 is 3.06 bits per heavy atom. The third kappa shape index (κ3) is 3.53. The molecule has 1 aliphatic heterocycles. The molecule has 0 spiro atoms. The Morgan fingerprint density at radius 2 is 2.47 bits per heavy atom. The zero-order chi connectivity index (χ0) is 12.3. The number of hydrogen-bond acceptors (Lipinski definition) is 3. The van der Waals surface area contributed by atoms with Gasteiger partial charge in [0.15, 0.2) is 0 Å². The molecule has 0 aliphatic carbocycles. The number of piperidine rings is 1. The lowest BCUT2D eigenvalue weighted by molar-refractivity contribution is -0.133. The maximum absolute atomic E-state index is 12.2. The highest BCUT2D eigenvalue weighted by molar-refractivity contribution is 9.11. The number of carbonyl (C=O) groups is 1. The summed E-state index contributed by atoms with van der Waals surface area (Å²) in [6.07, 6.45) is 3.31. The Morgan fingerprint density at radius 1 is 1.65 bits per heavy atom. The van der Waals surface area contributed by atoms with Gasteiger partial charge in [-0.05, 0) is 52.3 Å². The second-order valence-electron chi connectivity index (χ2n) is 4.46. The van der Waals surface area contributed by atoms with Crippen LogP contribution >= 0.6 is 27.3 Å². The van der Waals surface area contributed by atoms with E-state index >= 15 is 0 Å². The first-order valence-corrected chi connectivity index (χ1v) is 7.55. The summed E-state index contributed by atoms with van der Waals surface area (Å²) in [5, 5.41) is 5.38. The number of rotatable bonds is 3. The van der Waals surface area contributed by atoms with Gasteiger partial charge in [0.25, 0.3) is 0 Å². The Bertz CT molecular complexity index is 388. The second-order valence-corrected chi connectivity index (χ2v) is 6.75. The summed E-state index contributed by atoms with van der Waals surface area (Å²) >= 11 is 5.10.